The zero-order valence-corrected chi connectivity index (χ0v) is 8.83. The second kappa shape index (κ2) is 3.25. The van der Waals surface area contributed by atoms with Crippen LogP contribution < -0.4 is 0 Å². The lowest BCUT2D eigenvalue weighted by atomic mass is 10.1. The first-order valence-electron chi connectivity index (χ1n) is 4.91. The standard InChI is InChI=1S/C14H9Cl/c15-9-14-12-7-3-1-5-10(12)11-6-2-4-8-13(11)14/h1-9H. The molecule has 0 atom stereocenters. The van der Waals surface area contributed by atoms with Crippen molar-refractivity contribution in [3.63, 3.8) is 0 Å². The molecule has 1 aliphatic carbocycles. The zero-order chi connectivity index (χ0) is 10.3. The summed E-state index contributed by atoms with van der Waals surface area (Å²) in [5.74, 6) is 0. The van der Waals surface area contributed by atoms with Gasteiger partial charge in [0.05, 0.1) is 0 Å². The zero-order valence-electron chi connectivity index (χ0n) is 8.07. The predicted octanol–water partition coefficient (Wildman–Crippen LogP) is 4.30. The van der Waals surface area contributed by atoms with Gasteiger partial charge in [0.1, 0.15) is 0 Å². The van der Waals surface area contributed by atoms with Crippen LogP contribution in [0.15, 0.2) is 54.1 Å². The summed E-state index contributed by atoms with van der Waals surface area (Å²) in [6.07, 6.45) is 0. The van der Waals surface area contributed by atoms with Gasteiger partial charge in [-0.3, -0.25) is 0 Å². The van der Waals surface area contributed by atoms with Crippen molar-refractivity contribution in [1.82, 2.24) is 0 Å². The third-order valence-electron chi connectivity index (χ3n) is 2.83. The fourth-order valence-electron chi connectivity index (χ4n) is 2.17. The molecule has 3 rings (SSSR count). The first kappa shape index (κ1) is 8.75. The summed E-state index contributed by atoms with van der Waals surface area (Å²) < 4.78 is 0. The molecule has 15 heavy (non-hydrogen) atoms. The highest BCUT2D eigenvalue weighted by atomic mass is 35.5. The van der Waals surface area contributed by atoms with Crippen LogP contribution in [0.1, 0.15) is 11.1 Å². The summed E-state index contributed by atoms with van der Waals surface area (Å²) in [7, 11) is 0. The van der Waals surface area contributed by atoms with Crippen molar-refractivity contribution in [2.75, 3.05) is 0 Å². The molecule has 0 nitrogen and oxygen atoms in total. The highest BCUT2D eigenvalue weighted by Crippen LogP contribution is 2.43. The topological polar surface area (TPSA) is 0 Å². The SMILES string of the molecule is ClC=C1c2ccccc2-c2ccccc21. The van der Waals surface area contributed by atoms with Crippen molar-refractivity contribution < 1.29 is 0 Å². The van der Waals surface area contributed by atoms with Crippen molar-refractivity contribution in [2.24, 2.45) is 0 Å². The van der Waals surface area contributed by atoms with Gasteiger partial charge in [-0.15, -0.1) is 0 Å². The molecule has 0 N–H and O–H groups in total. The smallest absolute Gasteiger partial charge is 0.0127 e. The molecule has 2 aromatic rings. The Morgan fingerprint density at radius 3 is 1.47 bits per heavy atom. The molecule has 0 radical (unpaired) electrons. The molecule has 0 saturated carbocycles. The van der Waals surface area contributed by atoms with Crippen LogP contribution in [0.5, 0.6) is 0 Å². The average Bonchev–Trinajstić information content (AvgIpc) is 2.63. The number of hydrogen-bond donors (Lipinski definition) is 0. The van der Waals surface area contributed by atoms with Crippen molar-refractivity contribution in [3.8, 4) is 11.1 Å². The third-order valence-corrected chi connectivity index (χ3v) is 3.05. The molecule has 0 aliphatic heterocycles. The van der Waals surface area contributed by atoms with E-state index in [1.54, 1.807) is 5.54 Å². The Balaban J connectivity index is 2.41. The summed E-state index contributed by atoms with van der Waals surface area (Å²) >= 11 is 5.90. The van der Waals surface area contributed by atoms with E-state index >= 15 is 0 Å². The normalized spacial score (nSPS) is 12.2. The van der Waals surface area contributed by atoms with Crippen LogP contribution in [0.4, 0.5) is 0 Å². The maximum absolute atomic E-state index is 5.90. The van der Waals surface area contributed by atoms with Gasteiger partial charge in [0.25, 0.3) is 0 Å². The van der Waals surface area contributed by atoms with Crippen molar-refractivity contribution in [3.05, 3.63) is 65.2 Å². The second-order valence-electron chi connectivity index (χ2n) is 3.61. The molecule has 2 aromatic carbocycles. The van der Waals surface area contributed by atoms with Crippen molar-refractivity contribution in [1.29, 1.82) is 0 Å². The Hall–Kier alpha value is -1.53. The molecule has 0 fully saturated rings. The Morgan fingerprint density at radius 1 is 0.667 bits per heavy atom. The summed E-state index contributed by atoms with van der Waals surface area (Å²) in [5, 5.41) is 0. The highest BCUT2D eigenvalue weighted by molar-refractivity contribution is 6.30. The van der Waals surface area contributed by atoms with Crippen LogP contribution >= 0.6 is 11.6 Å². The van der Waals surface area contributed by atoms with E-state index in [0.29, 0.717) is 0 Å². The number of rotatable bonds is 0. The lowest BCUT2D eigenvalue weighted by Gasteiger charge is -1.98. The van der Waals surface area contributed by atoms with Crippen LogP contribution in [0.2, 0.25) is 0 Å². The van der Waals surface area contributed by atoms with Gasteiger partial charge in [-0.1, -0.05) is 60.1 Å². The Labute approximate surface area is 93.8 Å². The lowest BCUT2D eigenvalue weighted by molar-refractivity contribution is 1.65. The maximum atomic E-state index is 5.90. The van der Waals surface area contributed by atoms with E-state index in [1.807, 2.05) is 12.1 Å². The lowest BCUT2D eigenvalue weighted by Crippen LogP contribution is -1.77. The van der Waals surface area contributed by atoms with Crippen molar-refractivity contribution in [2.45, 2.75) is 0 Å². The van der Waals surface area contributed by atoms with E-state index in [4.69, 9.17) is 11.6 Å². The van der Waals surface area contributed by atoms with E-state index in [-0.39, 0.29) is 0 Å². The fraction of sp³-hybridized carbons (Fsp3) is 0. The molecule has 0 unspecified atom stereocenters. The minimum atomic E-state index is 1.13. The number of hydrogen-bond acceptors (Lipinski definition) is 0. The van der Waals surface area contributed by atoms with Crippen LogP contribution in [0.25, 0.3) is 16.7 Å². The highest BCUT2D eigenvalue weighted by Gasteiger charge is 2.21. The Bertz CT molecular complexity index is 505. The molecule has 0 aromatic heterocycles. The first-order valence-corrected chi connectivity index (χ1v) is 5.35. The Kier molecular flexibility index (Phi) is 1.90. The van der Waals surface area contributed by atoms with E-state index in [2.05, 4.69) is 36.4 Å². The minimum absolute atomic E-state index is 1.13. The summed E-state index contributed by atoms with van der Waals surface area (Å²) in [5.41, 5.74) is 7.82. The van der Waals surface area contributed by atoms with Gasteiger partial charge in [-0.2, -0.15) is 0 Å². The average molecular weight is 213 g/mol. The monoisotopic (exact) mass is 212 g/mol. The van der Waals surface area contributed by atoms with Gasteiger partial charge in [0.15, 0.2) is 0 Å². The largest absolute Gasteiger partial charge is 0.0923 e. The predicted molar refractivity (Wildman–Crippen MR) is 64.8 cm³/mol. The van der Waals surface area contributed by atoms with E-state index < -0.39 is 0 Å². The van der Waals surface area contributed by atoms with Gasteiger partial charge in [-0.25, -0.2) is 0 Å². The summed E-state index contributed by atoms with van der Waals surface area (Å²) in [4.78, 5) is 0. The van der Waals surface area contributed by atoms with Gasteiger partial charge in [-0.05, 0) is 22.3 Å². The molecular formula is C14H9Cl. The molecular weight excluding hydrogens is 204 g/mol. The number of halogens is 1. The molecule has 0 bridgehead atoms. The quantitative estimate of drug-likeness (QED) is 0.521. The van der Waals surface area contributed by atoms with Crippen LogP contribution in [0.3, 0.4) is 0 Å². The molecule has 0 amide bonds. The molecule has 0 spiro atoms. The van der Waals surface area contributed by atoms with Gasteiger partial charge < -0.3 is 0 Å². The van der Waals surface area contributed by atoms with Gasteiger partial charge >= 0.3 is 0 Å². The molecule has 72 valence electrons. The van der Waals surface area contributed by atoms with Crippen LogP contribution in [0, 0.1) is 0 Å². The molecule has 1 aliphatic rings. The minimum Gasteiger partial charge on any atom is -0.0923 e. The number of benzene rings is 2. The van der Waals surface area contributed by atoms with E-state index in [0.717, 1.165) is 5.57 Å². The molecule has 1 heteroatoms. The first-order chi connectivity index (χ1) is 7.42. The number of fused-ring (bicyclic) bond motifs is 3. The second-order valence-corrected chi connectivity index (χ2v) is 3.83. The van der Waals surface area contributed by atoms with Gasteiger partial charge in [0, 0.05) is 11.1 Å². The maximum Gasteiger partial charge on any atom is 0.0127 e. The van der Waals surface area contributed by atoms with E-state index in [1.165, 1.54) is 22.3 Å². The van der Waals surface area contributed by atoms with Crippen LogP contribution in [-0.4, -0.2) is 0 Å². The van der Waals surface area contributed by atoms with Gasteiger partial charge in [0.2, 0.25) is 0 Å². The molecule has 0 heterocycles. The fourth-order valence-corrected chi connectivity index (χ4v) is 2.40. The Morgan fingerprint density at radius 2 is 1.07 bits per heavy atom. The summed E-state index contributed by atoms with van der Waals surface area (Å²) in [6.45, 7) is 0. The van der Waals surface area contributed by atoms with Crippen LogP contribution in [-0.2, 0) is 0 Å². The van der Waals surface area contributed by atoms with Crippen molar-refractivity contribution >= 4 is 17.2 Å². The third kappa shape index (κ3) is 1.15. The summed E-state index contributed by atoms with van der Waals surface area (Å²) in [6, 6.07) is 16.7. The van der Waals surface area contributed by atoms with E-state index in [9.17, 15) is 0 Å². The molecule has 0 saturated heterocycles.